The number of benzene rings is 2. The number of rotatable bonds is 4. The zero-order valence-corrected chi connectivity index (χ0v) is 16.2. The van der Waals surface area contributed by atoms with E-state index in [-0.39, 0.29) is 5.91 Å². The molecule has 0 unspecified atom stereocenters. The van der Waals surface area contributed by atoms with Gasteiger partial charge < -0.3 is 9.88 Å². The summed E-state index contributed by atoms with van der Waals surface area (Å²) in [5, 5.41) is 7.44. The molecule has 144 valence electrons. The second-order valence-corrected chi connectivity index (χ2v) is 7.25. The van der Waals surface area contributed by atoms with Gasteiger partial charge in [0.2, 0.25) is 0 Å². The molecule has 1 amide bonds. The van der Waals surface area contributed by atoms with E-state index in [1.165, 1.54) is 0 Å². The van der Waals surface area contributed by atoms with E-state index in [9.17, 15) is 4.79 Å². The van der Waals surface area contributed by atoms with Gasteiger partial charge >= 0.3 is 0 Å². The van der Waals surface area contributed by atoms with Crippen LogP contribution in [-0.4, -0.2) is 25.2 Å². The number of hydrogen-bond acceptors (Lipinski definition) is 3. The Labute approximate surface area is 168 Å². The number of aromatic nitrogens is 4. The third-order valence-electron chi connectivity index (χ3n) is 5.34. The van der Waals surface area contributed by atoms with Crippen LogP contribution in [0.1, 0.15) is 22.7 Å². The third-order valence-corrected chi connectivity index (χ3v) is 5.34. The van der Waals surface area contributed by atoms with Crippen molar-refractivity contribution in [3.05, 3.63) is 78.4 Å². The van der Waals surface area contributed by atoms with Gasteiger partial charge in [-0.3, -0.25) is 9.48 Å². The van der Waals surface area contributed by atoms with Crippen LogP contribution in [0, 0.1) is 0 Å². The number of imidazole rings is 1. The van der Waals surface area contributed by atoms with Crippen molar-refractivity contribution in [1.82, 2.24) is 19.3 Å². The van der Waals surface area contributed by atoms with Gasteiger partial charge in [-0.15, -0.1) is 0 Å². The van der Waals surface area contributed by atoms with Crippen LogP contribution >= 0.6 is 0 Å². The second-order valence-electron chi connectivity index (χ2n) is 7.25. The maximum Gasteiger partial charge on any atom is 0.273 e. The van der Waals surface area contributed by atoms with Crippen molar-refractivity contribution in [2.75, 3.05) is 5.32 Å². The van der Waals surface area contributed by atoms with E-state index in [0.717, 1.165) is 53.4 Å². The molecule has 2 aromatic heterocycles. The molecule has 6 heteroatoms. The fourth-order valence-corrected chi connectivity index (χ4v) is 3.84. The van der Waals surface area contributed by atoms with Gasteiger partial charge in [-0.2, -0.15) is 5.10 Å². The maximum atomic E-state index is 12.8. The lowest BCUT2D eigenvalue weighted by Gasteiger charge is -2.08. The van der Waals surface area contributed by atoms with Gasteiger partial charge in [0.25, 0.3) is 5.91 Å². The molecule has 0 spiro atoms. The fraction of sp³-hybridized carbons (Fsp3) is 0.174. The Morgan fingerprint density at radius 2 is 1.83 bits per heavy atom. The van der Waals surface area contributed by atoms with Gasteiger partial charge in [0.15, 0.2) is 0 Å². The van der Waals surface area contributed by atoms with Crippen LogP contribution in [0.3, 0.4) is 0 Å². The molecular weight excluding hydrogens is 362 g/mol. The minimum Gasteiger partial charge on any atom is -0.328 e. The fourth-order valence-electron chi connectivity index (χ4n) is 3.84. The van der Waals surface area contributed by atoms with E-state index in [0.29, 0.717) is 5.69 Å². The van der Waals surface area contributed by atoms with Crippen molar-refractivity contribution < 1.29 is 4.79 Å². The molecule has 1 aliphatic heterocycles. The van der Waals surface area contributed by atoms with E-state index in [1.807, 2.05) is 66.9 Å². The highest BCUT2D eigenvalue weighted by Crippen LogP contribution is 2.27. The highest BCUT2D eigenvalue weighted by atomic mass is 16.2. The van der Waals surface area contributed by atoms with Gasteiger partial charge in [-0.25, -0.2) is 4.98 Å². The van der Waals surface area contributed by atoms with Crippen LogP contribution in [0.5, 0.6) is 0 Å². The van der Waals surface area contributed by atoms with Gasteiger partial charge in [0, 0.05) is 31.3 Å². The lowest BCUT2D eigenvalue weighted by Crippen LogP contribution is -2.15. The van der Waals surface area contributed by atoms with Crippen molar-refractivity contribution >= 4 is 11.6 Å². The second kappa shape index (κ2) is 7.05. The van der Waals surface area contributed by atoms with Crippen molar-refractivity contribution in [2.24, 2.45) is 7.05 Å². The number of carbonyl (C=O) groups is 1. The molecule has 0 atom stereocenters. The van der Waals surface area contributed by atoms with Crippen molar-refractivity contribution in [2.45, 2.75) is 19.4 Å². The van der Waals surface area contributed by atoms with Gasteiger partial charge in [-0.05, 0) is 30.2 Å². The number of hydrogen-bond donors (Lipinski definition) is 1. The molecule has 0 radical (unpaired) electrons. The van der Waals surface area contributed by atoms with Gasteiger partial charge in [-0.1, -0.05) is 42.5 Å². The van der Waals surface area contributed by atoms with E-state index in [1.54, 1.807) is 11.7 Å². The molecule has 0 saturated heterocycles. The predicted octanol–water partition coefficient (Wildman–Crippen LogP) is 4.15. The summed E-state index contributed by atoms with van der Waals surface area (Å²) in [6.45, 7) is 1.02. The first-order valence-corrected chi connectivity index (χ1v) is 9.75. The Bertz CT molecular complexity index is 1170. The summed E-state index contributed by atoms with van der Waals surface area (Å²) in [5.41, 5.74) is 5.27. The summed E-state index contributed by atoms with van der Waals surface area (Å²) in [7, 11) is 1.78. The summed E-state index contributed by atoms with van der Waals surface area (Å²) in [5.74, 6) is 0.975. The molecule has 5 rings (SSSR count). The third kappa shape index (κ3) is 3.23. The number of aryl methyl sites for hydroxylation is 2. The van der Waals surface area contributed by atoms with Crippen LogP contribution in [0.25, 0.3) is 22.5 Å². The molecule has 0 saturated carbocycles. The molecule has 6 nitrogen and oxygen atoms in total. The molecule has 0 bridgehead atoms. The van der Waals surface area contributed by atoms with E-state index < -0.39 is 0 Å². The van der Waals surface area contributed by atoms with Crippen LogP contribution < -0.4 is 5.32 Å². The zero-order valence-electron chi connectivity index (χ0n) is 16.2. The quantitative estimate of drug-likeness (QED) is 0.576. The molecule has 2 aromatic carbocycles. The summed E-state index contributed by atoms with van der Waals surface area (Å²) in [6.07, 6.45) is 4.13. The Kier molecular flexibility index (Phi) is 4.24. The van der Waals surface area contributed by atoms with Crippen LogP contribution in [0.4, 0.5) is 5.69 Å². The number of nitrogens with zero attached hydrogens (tertiary/aromatic N) is 4. The van der Waals surface area contributed by atoms with E-state index >= 15 is 0 Å². The Balaban J connectivity index is 1.34. The topological polar surface area (TPSA) is 64.7 Å². The number of nitrogens with one attached hydrogen (secondary N) is 1. The zero-order chi connectivity index (χ0) is 19.8. The minimum absolute atomic E-state index is 0.180. The average Bonchev–Trinajstić information content (AvgIpc) is 3.45. The maximum absolute atomic E-state index is 12.8. The molecule has 3 heterocycles. The minimum atomic E-state index is -0.180. The molecule has 0 fully saturated rings. The monoisotopic (exact) mass is 383 g/mol. The Morgan fingerprint density at radius 3 is 2.62 bits per heavy atom. The predicted molar refractivity (Wildman–Crippen MR) is 113 cm³/mol. The summed E-state index contributed by atoms with van der Waals surface area (Å²) in [6, 6.07) is 19.6. The van der Waals surface area contributed by atoms with Crippen molar-refractivity contribution in [3.63, 3.8) is 0 Å². The Morgan fingerprint density at radius 1 is 1.03 bits per heavy atom. The molecular formula is C23H21N5O. The lowest BCUT2D eigenvalue weighted by atomic mass is 10.1. The largest absolute Gasteiger partial charge is 0.328 e. The molecule has 29 heavy (non-hydrogen) atoms. The molecule has 4 aromatic rings. The normalized spacial score (nSPS) is 12.7. The van der Waals surface area contributed by atoms with Crippen LogP contribution in [0.2, 0.25) is 0 Å². The number of carbonyl (C=O) groups excluding carboxylic acids is 1. The number of amides is 1. The SMILES string of the molecule is Cn1nc(-c2ccccc2)cc1C(=O)Nc1ccc(-c2cnc3n2CCC3)cc1. The molecule has 0 aliphatic carbocycles. The summed E-state index contributed by atoms with van der Waals surface area (Å²) >= 11 is 0. The lowest BCUT2D eigenvalue weighted by molar-refractivity contribution is 0.101. The van der Waals surface area contributed by atoms with Crippen molar-refractivity contribution in [3.8, 4) is 22.5 Å². The van der Waals surface area contributed by atoms with Gasteiger partial charge in [0.05, 0.1) is 17.6 Å². The highest BCUT2D eigenvalue weighted by Gasteiger charge is 2.17. The molecule has 1 aliphatic rings. The molecule has 1 N–H and O–H groups in total. The van der Waals surface area contributed by atoms with Crippen molar-refractivity contribution in [1.29, 1.82) is 0 Å². The van der Waals surface area contributed by atoms with Crippen LogP contribution in [0.15, 0.2) is 66.9 Å². The summed E-state index contributed by atoms with van der Waals surface area (Å²) in [4.78, 5) is 17.3. The Hall–Kier alpha value is -3.67. The standard InChI is InChI=1S/C23H21N5O/c1-27-20(14-19(26-27)16-6-3-2-4-7-16)23(29)25-18-11-9-17(10-12-18)21-15-24-22-8-5-13-28(21)22/h2-4,6-7,9-12,14-15H,5,8,13H2,1H3,(H,25,29). The van der Waals surface area contributed by atoms with Crippen LogP contribution in [-0.2, 0) is 20.0 Å². The van der Waals surface area contributed by atoms with Gasteiger partial charge in [0.1, 0.15) is 11.5 Å². The van der Waals surface area contributed by atoms with E-state index in [2.05, 4.69) is 20.0 Å². The first kappa shape index (κ1) is 17.4. The highest BCUT2D eigenvalue weighted by molar-refractivity contribution is 6.03. The average molecular weight is 383 g/mol. The first-order chi connectivity index (χ1) is 14.2. The van der Waals surface area contributed by atoms with E-state index in [4.69, 9.17) is 0 Å². The number of fused-ring (bicyclic) bond motifs is 1. The smallest absolute Gasteiger partial charge is 0.273 e. The number of anilines is 1. The summed E-state index contributed by atoms with van der Waals surface area (Å²) < 4.78 is 3.88. The first-order valence-electron chi connectivity index (χ1n) is 9.75.